The van der Waals surface area contributed by atoms with E-state index < -0.39 is 0 Å². The number of benzene rings is 1. The van der Waals surface area contributed by atoms with Gasteiger partial charge in [0.15, 0.2) is 0 Å². The van der Waals surface area contributed by atoms with E-state index in [0.717, 1.165) is 24.0 Å². The van der Waals surface area contributed by atoms with Gasteiger partial charge >= 0.3 is 0 Å². The standard InChI is InChI=1S/C16H18FNO/c17-13-7-5-12(6-8-13)16-14(9-10-15(16)18-19)11-3-1-2-4-11/h5-8,11,15H,1-4,9-10H2. The Morgan fingerprint density at radius 1 is 1.05 bits per heavy atom. The van der Waals surface area contributed by atoms with E-state index in [-0.39, 0.29) is 11.9 Å². The molecule has 1 atom stereocenters. The average Bonchev–Trinajstić information content (AvgIpc) is 3.08. The third kappa shape index (κ3) is 2.34. The number of hydrogen-bond donors (Lipinski definition) is 0. The van der Waals surface area contributed by atoms with Crippen LogP contribution in [-0.2, 0) is 0 Å². The minimum Gasteiger partial charge on any atom is -0.207 e. The molecule has 0 aliphatic heterocycles. The van der Waals surface area contributed by atoms with Crippen molar-refractivity contribution >= 4 is 5.57 Å². The second kappa shape index (κ2) is 5.24. The maximum absolute atomic E-state index is 13.0. The zero-order chi connectivity index (χ0) is 13.2. The van der Waals surface area contributed by atoms with Crippen LogP contribution >= 0.6 is 0 Å². The highest BCUT2D eigenvalue weighted by atomic mass is 19.1. The van der Waals surface area contributed by atoms with E-state index in [4.69, 9.17) is 0 Å². The van der Waals surface area contributed by atoms with Gasteiger partial charge in [-0.15, -0.1) is 0 Å². The van der Waals surface area contributed by atoms with E-state index in [1.165, 1.54) is 43.4 Å². The third-order valence-electron chi connectivity index (χ3n) is 4.50. The number of allylic oxidation sites excluding steroid dienone is 1. The lowest BCUT2D eigenvalue weighted by Gasteiger charge is -2.15. The molecule has 1 aromatic carbocycles. The van der Waals surface area contributed by atoms with Crippen LogP contribution in [0.3, 0.4) is 0 Å². The van der Waals surface area contributed by atoms with Gasteiger partial charge in [0.05, 0.1) is 0 Å². The molecule has 1 unspecified atom stereocenters. The molecular weight excluding hydrogens is 241 g/mol. The van der Waals surface area contributed by atoms with Crippen LogP contribution in [0.5, 0.6) is 0 Å². The SMILES string of the molecule is O=NC1CCC(C2CCCC2)=C1c1ccc(F)cc1. The quantitative estimate of drug-likeness (QED) is 0.723. The van der Waals surface area contributed by atoms with Gasteiger partial charge in [0.2, 0.25) is 0 Å². The van der Waals surface area contributed by atoms with Crippen LogP contribution in [0.1, 0.15) is 44.1 Å². The van der Waals surface area contributed by atoms with Crippen LogP contribution in [0.15, 0.2) is 35.0 Å². The molecule has 0 aromatic heterocycles. The fourth-order valence-corrected chi connectivity index (χ4v) is 3.60. The maximum atomic E-state index is 13.0. The summed E-state index contributed by atoms with van der Waals surface area (Å²) in [6.07, 6.45) is 6.82. The van der Waals surface area contributed by atoms with Gasteiger partial charge < -0.3 is 0 Å². The van der Waals surface area contributed by atoms with Gasteiger partial charge in [-0.05, 0) is 54.9 Å². The molecule has 100 valence electrons. The predicted octanol–water partition coefficient (Wildman–Crippen LogP) is 4.70. The molecule has 1 fully saturated rings. The van der Waals surface area contributed by atoms with Gasteiger partial charge in [-0.25, -0.2) is 4.39 Å². The van der Waals surface area contributed by atoms with Gasteiger partial charge in [-0.1, -0.05) is 35.7 Å². The lowest BCUT2D eigenvalue weighted by Crippen LogP contribution is -2.04. The van der Waals surface area contributed by atoms with Crippen LogP contribution in [0.25, 0.3) is 5.57 Å². The number of halogens is 1. The van der Waals surface area contributed by atoms with Gasteiger partial charge in [0, 0.05) is 0 Å². The molecule has 0 heterocycles. The highest BCUT2D eigenvalue weighted by Crippen LogP contribution is 2.44. The van der Waals surface area contributed by atoms with Crippen LogP contribution in [0, 0.1) is 16.6 Å². The Balaban J connectivity index is 2.01. The van der Waals surface area contributed by atoms with Gasteiger partial charge in [-0.2, -0.15) is 4.91 Å². The number of nitrogens with zero attached hydrogens (tertiary/aromatic N) is 1. The number of rotatable bonds is 3. The molecule has 0 saturated heterocycles. The van der Waals surface area contributed by atoms with E-state index in [2.05, 4.69) is 5.18 Å². The molecule has 19 heavy (non-hydrogen) atoms. The third-order valence-corrected chi connectivity index (χ3v) is 4.50. The molecular formula is C16H18FNO. The summed E-state index contributed by atoms with van der Waals surface area (Å²) in [6, 6.07) is 6.26. The number of hydrogen-bond acceptors (Lipinski definition) is 2. The molecule has 1 saturated carbocycles. The van der Waals surface area contributed by atoms with E-state index >= 15 is 0 Å². The van der Waals surface area contributed by atoms with E-state index in [1.807, 2.05) is 0 Å². The zero-order valence-electron chi connectivity index (χ0n) is 10.9. The summed E-state index contributed by atoms with van der Waals surface area (Å²) in [6.45, 7) is 0. The summed E-state index contributed by atoms with van der Waals surface area (Å²) < 4.78 is 13.0. The molecule has 0 radical (unpaired) electrons. The average molecular weight is 259 g/mol. The zero-order valence-corrected chi connectivity index (χ0v) is 10.9. The molecule has 0 spiro atoms. The fourth-order valence-electron chi connectivity index (χ4n) is 3.60. The Labute approximate surface area is 112 Å². The maximum Gasteiger partial charge on any atom is 0.123 e. The molecule has 3 rings (SSSR count). The number of nitroso groups, excluding NO2 is 1. The van der Waals surface area contributed by atoms with Gasteiger partial charge in [0.1, 0.15) is 11.9 Å². The van der Waals surface area contributed by atoms with Crippen LogP contribution in [-0.4, -0.2) is 6.04 Å². The first-order valence-electron chi connectivity index (χ1n) is 7.11. The van der Waals surface area contributed by atoms with Crippen molar-refractivity contribution in [3.63, 3.8) is 0 Å². The summed E-state index contributed by atoms with van der Waals surface area (Å²) in [5, 5.41) is 3.29. The van der Waals surface area contributed by atoms with Crippen molar-refractivity contribution in [3.05, 3.63) is 46.1 Å². The van der Waals surface area contributed by atoms with Crippen molar-refractivity contribution in [2.24, 2.45) is 11.1 Å². The van der Waals surface area contributed by atoms with Crippen molar-refractivity contribution in [2.75, 3.05) is 0 Å². The fraction of sp³-hybridized carbons (Fsp3) is 0.500. The Morgan fingerprint density at radius 2 is 1.74 bits per heavy atom. The summed E-state index contributed by atoms with van der Waals surface area (Å²) in [5.41, 5.74) is 3.47. The molecule has 1 aromatic rings. The minimum atomic E-state index is -0.236. The van der Waals surface area contributed by atoms with E-state index in [1.54, 1.807) is 12.1 Å². The van der Waals surface area contributed by atoms with Crippen molar-refractivity contribution in [1.82, 2.24) is 0 Å². The van der Waals surface area contributed by atoms with Gasteiger partial charge in [-0.3, -0.25) is 0 Å². The van der Waals surface area contributed by atoms with Gasteiger partial charge in [0.25, 0.3) is 0 Å². The summed E-state index contributed by atoms with van der Waals surface area (Å²) in [5.74, 6) is 0.382. The highest BCUT2D eigenvalue weighted by Gasteiger charge is 2.32. The molecule has 3 heteroatoms. The first-order chi connectivity index (χ1) is 9.29. The molecule has 2 nitrogen and oxygen atoms in total. The second-order valence-electron chi connectivity index (χ2n) is 5.59. The van der Waals surface area contributed by atoms with Crippen molar-refractivity contribution < 1.29 is 4.39 Å². The minimum absolute atomic E-state index is 0.235. The highest BCUT2D eigenvalue weighted by molar-refractivity contribution is 5.75. The van der Waals surface area contributed by atoms with Crippen LogP contribution < -0.4 is 0 Å². The smallest absolute Gasteiger partial charge is 0.123 e. The van der Waals surface area contributed by atoms with Crippen LogP contribution in [0.2, 0.25) is 0 Å². The normalized spacial score (nSPS) is 24.2. The lowest BCUT2D eigenvalue weighted by molar-refractivity contribution is 0.618. The van der Waals surface area contributed by atoms with Crippen LogP contribution in [0.4, 0.5) is 4.39 Å². The Bertz CT molecular complexity index is 500. The topological polar surface area (TPSA) is 29.4 Å². The lowest BCUT2D eigenvalue weighted by atomic mass is 9.90. The van der Waals surface area contributed by atoms with Crippen molar-refractivity contribution in [1.29, 1.82) is 0 Å². The van der Waals surface area contributed by atoms with Crippen molar-refractivity contribution in [3.8, 4) is 0 Å². The largest absolute Gasteiger partial charge is 0.207 e. The Morgan fingerprint density at radius 3 is 2.37 bits per heavy atom. The van der Waals surface area contributed by atoms with E-state index in [9.17, 15) is 9.30 Å². The Hall–Kier alpha value is -1.51. The van der Waals surface area contributed by atoms with Crippen molar-refractivity contribution in [2.45, 2.75) is 44.6 Å². The molecule has 2 aliphatic rings. The second-order valence-corrected chi connectivity index (χ2v) is 5.59. The summed E-state index contributed by atoms with van der Waals surface area (Å²) in [4.78, 5) is 11.1. The summed E-state index contributed by atoms with van der Waals surface area (Å²) >= 11 is 0. The first kappa shape index (κ1) is 12.5. The summed E-state index contributed by atoms with van der Waals surface area (Å²) in [7, 11) is 0. The Kier molecular flexibility index (Phi) is 3.45. The van der Waals surface area contributed by atoms with E-state index in [0.29, 0.717) is 5.92 Å². The molecule has 2 aliphatic carbocycles. The predicted molar refractivity (Wildman–Crippen MR) is 74.1 cm³/mol. The molecule has 0 bridgehead atoms. The first-order valence-corrected chi connectivity index (χ1v) is 7.11. The molecule has 0 amide bonds. The molecule has 0 N–H and O–H groups in total. The monoisotopic (exact) mass is 259 g/mol.